The molecule has 8 nitrogen and oxygen atoms in total. The topological polar surface area (TPSA) is 106 Å². The number of aromatic nitrogens is 1. The molecule has 0 amide bonds. The van der Waals surface area contributed by atoms with E-state index in [1.807, 2.05) is 0 Å². The molecule has 0 aliphatic heterocycles. The molecule has 35 heavy (non-hydrogen) atoms. The van der Waals surface area contributed by atoms with Crippen molar-refractivity contribution in [1.82, 2.24) is 4.57 Å². The molecule has 0 aliphatic carbocycles. The van der Waals surface area contributed by atoms with E-state index < -0.39 is 33.2 Å². The van der Waals surface area contributed by atoms with Gasteiger partial charge in [-0.3, -0.25) is 14.1 Å². The molecule has 2 N–H and O–H groups in total. The summed E-state index contributed by atoms with van der Waals surface area (Å²) in [5.41, 5.74) is 0.459. The smallest absolute Gasteiger partial charge is 0.350 e. The molecule has 0 spiro atoms. The van der Waals surface area contributed by atoms with Gasteiger partial charge in [0.25, 0.3) is 5.56 Å². The minimum absolute atomic E-state index is 0.0643. The van der Waals surface area contributed by atoms with Gasteiger partial charge in [-0.1, -0.05) is 0 Å². The van der Waals surface area contributed by atoms with Crippen molar-refractivity contribution in [2.45, 2.75) is 6.92 Å². The molecule has 182 valence electrons. The van der Waals surface area contributed by atoms with Gasteiger partial charge < -0.3 is 10.1 Å². The van der Waals surface area contributed by atoms with Crippen LogP contribution in [0.15, 0.2) is 59.4 Å². The second-order valence-corrected chi connectivity index (χ2v) is 10.2. The number of fused-ring (bicyclic) bond motifs is 1. The van der Waals surface area contributed by atoms with Crippen molar-refractivity contribution in [2.24, 2.45) is 0 Å². The Balaban J connectivity index is 1.89. The van der Waals surface area contributed by atoms with Crippen LogP contribution in [0.5, 0.6) is 0 Å². The minimum atomic E-state index is -3.48. The van der Waals surface area contributed by atoms with Crippen LogP contribution in [0.25, 0.3) is 15.9 Å². The van der Waals surface area contributed by atoms with Crippen LogP contribution in [0.4, 0.5) is 25.8 Å². The fourth-order valence-electron chi connectivity index (χ4n) is 3.41. The summed E-state index contributed by atoms with van der Waals surface area (Å²) in [6.45, 7) is 1.74. The highest BCUT2D eigenvalue weighted by Crippen LogP contribution is 2.39. The Labute approximate surface area is 202 Å². The van der Waals surface area contributed by atoms with E-state index in [9.17, 15) is 26.8 Å². The molecule has 0 atom stereocenters. The number of benzene rings is 2. The maximum Gasteiger partial charge on any atom is 0.350 e. The van der Waals surface area contributed by atoms with Gasteiger partial charge >= 0.3 is 5.97 Å². The number of nitrogens with zero attached hydrogens (tertiary/aromatic N) is 1. The summed E-state index contributed by atoms with van der Waals surface area (Å²) in [6, 6.07) is 11.9. The molecule has 2 aromatic carbocycles. The molecule has 2 aromatic heterocycles. The third-order valence-electron chi connectivity index (χ3n) is 4.82. The number of pyridine rings is 1. The number of thiophene rings is 1. The summed E-state index contributed by atoms with van der Waals surface area (Å²) >= 11 is 0.968. The molecule has 0 fully saturated rings. The van der Waals surface area contributed by atoms with Crippen LogP contribution < -0.4 is 15.6 Å². The molecule has 0 saturated carbocycles. The molecular weight excluding hydrogens is 500 g/mol. The van der Waals surface area contributed by atoms with Crippen molar-refractivity contribution in [3.05, 3.63) is 81.5 Å². The number of rotatable bonds is 7. The average Bonchev–Trinajstić information content (AvgIpc) is 3.14. The van der Waals surface area contributed by atoms with E-state index in [0.29, 0.717) is 27.7 Å². The molecule has 0 saturated heterocycles. The maximum atomic E-state index is 14.4. The van der Waals surface area contributed by atoms with E-state index in [1.54, 1.807) is 19.1 Å². The number of ether oxygens (including phenoxy) is 1. The lowest BCUT2D eigenvalue weighted by atomic mass is 10.2. The Morgan fingerprint density at radius 3 is 2.43 bits per heavy atom. The molecule has 0 radical (unpaired) electrons. The van der Waals surface area contributed by atoms with Gasteiger partial charge in [-0.25, -0.2) is 22.0 Å². The first-order chi connectivity index (χ1) is 16.6. The first-order valence-electron chi connectivity index (χ1n) is 10.2. The molecular formula is C23H19F2N3O5S2. The fourth-order valence-corrected chi connectivity index (χ4v) is 5.14. The van der Waals surface area contributed by atoms with Crippen LogP contribution in [-0.4, -0.2) is 31.8 Å². The van der Waals surface area contributed by atoms with Crippen molar-refractivity contribution < 1.29 is 26.7 Å². The van der Waals surface area contributed by atoms with Crippen molar-refractivity contribution >= 4 is 54.6 Å². The standard InChI is InChI=1S/C23H19F2N3O5S2/c1-3-33-23(30)21-20(26-18-10-4-13(24)12-17(18)25)16-9-11-19(29)28(22(16)34-21)15-7-5-14(6-8-15)27-35(2,31)32/h4-12,26-27H,3H2,1-2H3. The van der Waals surface area contributed by atoms with Crippen LogP contribution in [0.3, 0.4) is 0 Å². The van der Waals surface area contributed by atoms with Crippen LogP contribution in [0.2, 0.25) is 0 Å². The van der Waals surface area contributed by atoms with Gasteiger partial charge in [-0.15, -0.1) is 11.3 Å². The molecule has 4 rings (SSSR count). The number of halogens is 2. The Morgan fingerprint density at radius 1 is 1.09 bits per heavy atom. The fraction of sp³-hybridized carbons (Fsp3) is 0.130. The molecule has 0 unspecified atom stereocenters. The zero-order chi connectivity index (χ0) is 25.3. The largest absolute Gasteiger partial charge is 0.462 e. The second-order valence-electron chi connectivity index (χ2n) is 7.42. The van der Waals surface area contributed by atoms with E-state index in [1.165, 1.54) is 34.9 Å². The van der Waals surface area contributed by atoms with Crippen molar-refractivity contribution in [1.29, 1.82) is 0 Å². The lowest BCUT2D eigenvalue weighted by Crippen LogP contribution is -2.16. The summed E-state index contributed by atoms with van der Waals surface area (Å²) < 4.78 is 59.5. The molecule has 2 heterocycles. The third-order valence-corrected chi connectivity index (χ3v) is 6.60. The van der Waals surface area contributed by atoms with Gasteiger partial charge in [-0.2, -0.15) is 0 Å². The summed E-state index contributed by atoms with van der Waals surface area (Å²) in [6.07, 6.45) is 1.02. The van der Waals surface area contributed by atoms with Gasteiger partial charge in [0, 0.05) is 23.2 Å². The lowest BCUT2D eigenvalue weighted by Gasteiger charge is -2.11. The zero-order valence-electron chi connectivity index (χ0n) is 18.5. The number of carbonyl (C=O) groups excluding carboxylic acids is 1. The van der Waals surface area contributed by atoms with Gasteiger partial charge in [0.2, 0.25) is 10.0 Å². The predicted molar refractivity (Wildman–Crippen MR) is 131 cm³/mol. The minimum Gasteiger partial charge on any atom is -0.462 e. The summed E-state index contributed by atoms with van der Waals surface area (Å²) in [4.78, 5) is 26.0. The number of hydrogen-bond donors (Lipinski definition) is 2. The van der Waals surface area contributed by atoms with Gasteiger partial charge in [0.15, 0.2) is 0 Å². The lowest BCUT2D eigenvalue weighted by molar-refractivity contribution is 0.0533. The van der Waals surface area contributed by atoms with Crippen LogP contribution in [0.1, 0.15) is 16.6 Å². The van der Waals surface area contributed by atoms with Crippen LogP contribution in [0, 0.1) is 11.6 Å². The van der Waals surface area contributed by atoms with Crippen LogP contribution >= 0.6 is 11.3 Å². The Bertz CT molecular complexity index is 1600. The SMILES string of the molecule is CCOC(=O)c1sc2c(ccc(=O)n2-c2ccc(NS(C)(=O)=O)cc2)c1Nc1ccc(F)cc1F. The number of hydrogen-bond acceptors (Lipinski definition) is 7. The number of esters is 1. The van der Waals surface area contributed by atoms with E-state index in [0.717, 1.165) is 23.7 Å². The first kappa shape index (κ1) is 24.4. The zero-order valence-corrected chi connectivity index (χ0v) is 20.1. The number of nitrogens with one attached hydrogen (secondary N) is 2. The summed E-state index contributed by atoms with van der Waals surface area (Å²) in [7, 11) is -3.48. The Morgan fingerprint density at radius 2 is 1.80 bits per heavy atom. The van der Waals surface area contributed by atoms with E-state index in [-0.39, 0.29) is 22.9 Å². The van der Waals surface area contributed by atoms with Crippen molar-refractivity contribution in [3.8, 4) is 5.69 Å². The van der Waals surface area contributed by atoms with E-state index >= 15 is 0 Å². The first-order valence-corrected chi connectivity index (χ1v) is 12.9. The maximum absolute atomic E-state index is 14.4. The molecule has 0 aliphatic rings. The average molecular weight is 520 g/mol. The van der Waals surface area contributed by atoms with Crippen LogP contribution in [-0.2, 0) is 14.8 Å². The van der Waals surface area contributed by atoms with Crippen molar-refractivity contribution in [3.63, 3.8) is 0 Å². The predicted octanol–water partition coefficient (Wildman–Crippen LogP) is 4.62. The Hall–Kier alpha value is -3.77. The quantitative estimate of drug-likeness (QED) is 0.345. The second kappa shape index (κ2) is 9.47. The van der Waals surface area contributed by atoms with Gasteiger partial charge in [0.1, 0.15) is 21.3 Å². The summed E-state index contributed by atoms with van der Waals surface area (Å²) in [5.74, 6) is -2.29. The molecule has 4 aromatic rings. The van der Waals surface area contributed by atoms with E-state index in [2.05, 4.69) is 10.0 Å². The summed E-state index contributed by atoms with van der Waals surface area (Å²) in [5, 5.41) is 3.27. The normalized spacial score (nSPS) is 11.4. The molecule has 12 heteroatoms. The highest BCUT2D eigenvalue weighted by molar-refractivity contribution is 7.92. The number of sulfonamides is 1. The van der Waals surface area contributed by atoms with E-state index in [4.69, 9.17) is 4.74 Å². The highest BCUT2D eigenvalue weighted by Gasteiger charge is 2.23. The number of carbonyl (C=O) groups is 1. The monoisotopic (exact) mass is 519 g/mol. The molecule has 0 bridgehead atoms. The Kier molecular flexibility index (Phi) is 6.59. The third kappa shape index (κ3) is 5.17. The highest BCUT2D eigenvalue weighted by atomic mass is 32.2. The van der Waals surface area contributed by atoms with Gasteiger partial charge in [0.05, 0.1) is 29.9 Å². The van der Waals surface area contributed by atoms with Crippen molar-refractivity contribution in [2.75, 3.05) is 22.9 Å². The van der Waals surface area contributed by atoms with Gasteiger partial charge in [-0.05, 0) is 49.4 Å². The number of anilines is 3.